The molecular formula is C19H21F3N2O6S. The van der Waals surface area contributed by atoms with Crippen LogP contribution >= 0.6 is 0 Å². The predicted molar refractivity (Wildman–Crippen MR) is 99.2 cm³/mol. The Morgan fingerprint density at radius 3 is 2.35 bits per heavy atom. The molecule has 3 heterocycles. The van der Waals surface area contributed by atoms with Crippen molar-refractivity contribution in [2.75, 3.05) is 32.8 Å². The summed E-state index contributed by atoms with van der Waals surface area (Å²) in [5, 5.41) is 0. The zero-order valence-electron chi connectivity index (χ0n) is 16.4. The lowest BCUT2D eigenvalue weighted by molar-refractivity contribution is -0.274. The number of rotatable bonds is 6. The number of cyclic esters (lactones) is 1. The van der Waals surface area contributed by atoms with Crippen molar-refractivity contribution >= 4 is 21.9 Å². The van der Waals surface area contributed by atoms with E-state index in [0.717, 1.165) is 24.3 Å². The number of nitrogens with zero attached hydrogens (tertiary/aromatic N) is 2. The molecule has 1 aromatic rings. The summed E-state index contributed by atoms with van der Waals surface area (Å²) in [7, 11) is -3.83. The number of benzene rings is 1. The number of hydrogen-bond donors (Lipinski definition) is 0. The molecule has 1 spiro atoms. The highest BCUT2D eigenvalue weighted by Gasteiger charge is 2.56. The molecule has 0 unspecified atom stereocenters. The third-order valence-electron chi connectivity index (χ3n) is 5.83. The van der Waals surface area contributed by atoms with Gasteiger partial charge < -0.3 is 14.4 Å². The first-order valence-electron chi connectivity index (χ1n) is 9.75. The van der Waals surface area contributed by atoms with Crippen LogP contribution in [0.4, 0.5) is 13.2 Å². The fourth-order valence-electron chi connectivity index (χ4n) is 4.21. The van der Waals surface area contributed by atoms with Gasteiger partial charge in [0.2, 0.25) is 15.9 Å². The van der Waals surface area contributed by atoms with E-state index in [4.69, 9.17) is 4.74 Å². The largest absolute Gasteiger partial charge is 0.573 e. The SMILES string of the molecule is O=C1C[C@H](CCC(=O)N2CC3(C2)CN(S(=O)(=O)c2ccc(OC(F)(F)F)cc2)C3)CO1. The first kappa shape index (κ1) is 21.9. The number of alkyl halides is 3. The normalized spacial score (nSPS) is 23.3. The average molecular weight is 462 g/mol. The number of halogens is 3. The van der Waals surface area contributed by atoms with Gasteiger partial charge in [-0.3, -0.25) is 9.59 Å². The summed E-state index contributed by atoms with van der Waals surface area (Å²) in [6.45, 7) is 1.80. The minimum absolute atomic E-state index is 0.0217. The van der Waals surface area contributed by atoms with Gasteiger partial charge in [-0.15, -0.1) is 13.2 Å². The number of carbonyl (C=O) groups is 2. The van der Waals surface area contributed by atoms with Gasteiger partial charge in [-0.2, -0.15) is 4.31 Å². The van der Waals surface area contributed by atoms with Crippen LogP contribution in [0.1, 0.15) is 19.3 Å². The molecule has 3 aliphatic rings. The van der Waals surface area contributed by atoms with Gasteiger partial charge in [0.1, 0.15) is 5.75 Å². The molecule has 31 heavy (non-hydrogen) atoms. The molecule has 0 saturated carbocycles. The molecule has 3 saturated heterocycles. The molecule has 12 heteroatoms. The molecule has 1 atom stereocenters. The van der Waals surface area contributed by atoms with E-state index in [0.29, 0.717) is 39.0 Å². The highest BCUT2D eigenvalue weighted by molar-refractivity contribution is 7.89. The van der Waals surface area contributed by atoms with Crippen LogP contribution in [-0.2, 0) is 24.3 Å². The van der Waals surface area contributed by atoms with Gasteiger partial charge in [0, 0.05) is 43.9 Å². The summed E-state index contributed by atoms with van der Waals surface area (Å²) in [5.74, 6) is -0.678. The topological polar surface area (TPSA) is 93.2 Å². The maximum Gasteiger partial charge on any atom is 0.573 e. The Labute approximate surface area is 176 Å². The molecule has 4 rings (SSSR count). The number of hydrogen-bond acceptors (Lipinski definition) is 6. The molecule has 0 radical (unpaired) electrons. The minimum Gasteiger partial charge on any atom is -0.465 e. The molecular weight excluding hydrogens is 441 g/mol. The highest BCUT2D eigenvalue weighted by atomic mass is 32.2. The summed E-state index contributed by atoms with van der Waals surface area (Å²) >= 11 is 0. The van der Waals surface area contributed by atoms with Gasteiger partial charge in [-0.25, -0.2) is 8.42 Å². The summed E-state index contributed by atoms with van der Waals surface area (Å²) < 4.78 is 71.9. The van der Waals surface area contributed by atoms with Crippen LogP contribution in [-0.4, -0.2) is 68.6 Å². The second kappa shape index (κ2) is 7.66. The van der Waals surface area contributed by atoms with Crippen LogP contribution < -0.4 is 4.74 Å². The zero-order chi connectivity index (χ0) is 22.4. The molecule has 3 aliphatic heterocycles. The van der Waals surface area contributed by atoms with Gasteiger partial charge in [0.05, 0.1) is 17.9 Å². The lowest BCUT2D eigenvalue weighted by atomic mass is 9.74. The van der Waals surface area contributed by atoms with Gasteiger partial charge in [0.25, 0.3) is 0 Å². The Balaban J connectivity index is 1.25. The van der Waals surface area contributed by atoms with E-state index in [2.05, 4.69) is 4.74 Å². The molecule has 0 aromatic heterocycles. The number of ether oxygens (including phenoxy) is 2. The number of esters is 1. The fourth-order valence-corrected chi connectivity index (χ4v) is 5.88. The Bertz CT molecular complexity index is 965. The van der Waals surface area contributed by atoms with Crippen molar-refractivity contribution in [3.8, 4) is 5.75 Å². The standard InChI is InChI=1S/C19H21F3N2O6S/c20-19(21,22)30-14-2-4-15(5-3-14)31(27,28)24-11-18(12-24)9-23(10-18)16(25)6-1-13-7-17(26)29-8-13/h2-5,13H,1,6-12H2/t13-/m0/s1. The first-order valence-corrected chi connectivity index (χ1v) is 11.2. The molecule has 0 aliphatic carbocycles. The quantitative estimate of drug-likeness (QED) is 0.599. The number of amides is 1. The third kappa shape index (κ3) is 4.64. The van der Waals surface area contributed by atoms with Crippen molar-refractivity contribution in [3.63, 3.8) is 0 Å². The Morgan fingerprint density at radius 2 is 1.81 bits per heavy atom. The zero-order valence-corrected chi connectivity index (χ0v) is 17.2. The fraction of sp³-hybridized carbons (Fsp3) is 0.579. The Morgan fingerprint density at radius 1 is 1.16 bits per heavy atom. The van der Waals surface area contributed by atoms with Crippen molar-refractivity contribution in [2.45, 2.75) is 30.5 Å². The van der Waals surface area contributed by atoms with E-state index in [9.17, 15) is 31.2 Å². The molecule has 0 N–H and O–H groups in total. The van der Waals surface area contributed by atoms with E-state index >= 15 is 0 Å². The summed E-state index contributed by atoms with van der Waals surface area (Å²) in [6.07, 6.45) is -3.60. The van der Waals surface area contributed by atoms with E-state index in [1.54, 1.807) is 4.90 Å². The Kier molecular flexibility index (Phi) is 5.41. The van der Waals surface area contributed by atoms with E-state index in [1.165, 1.54) is 4.31 Å². The highest BCUT2D eigenvalue weighted by Crippen LogP contribution is 2.42. The van der Waals surface area contributed by atoms with Gasteiger partial charge in [0.15, 0.2) is 0 Å². The van der Waals surface area contributed by atoms with Gasteiger partial charge in [-0.05, 0) is 30.7 Å². The van der Waals surface area contributed by atoms with Crippen molar-refractivity contribution in [1.82, 2.24) is 9.21 Å². The molecule has 0 bridgehead atoms. The first-order chi connectivity index (χ1) is 14.5. The second-order valence-corrected chi connectivity index (χ2v) is 10.3. The lowest BCUT2D eigenvalue weighted by Crippen LogP contribution is -2.73. The third-order valence-corrected chi connectivity index (χ3v) is 7.63. The van der Waals surface area contributed by atoms with Crippen molar-refractivity contribution < 1.29 is 40.7 Å². The van der Waals surface area contributed by atoms with Crippen LogP contribution in [0.25, 0.3) is 0 Å². The predicted octanol–water partition coefficient (Wildman–Crippen LogP) is 1.76. The summed E-state index contributed by atoms with van der Waals surface area (Å²) in [6, 6.07) is 4.08. The molecule has 1 amide bonds. The molecule has 8 nitrogen and oxygen atoms in total. The van der Waals surface area contributed by atoms with Gasteiger partial charge in [-0.1, -0.05) is 0 Å². The van der Waals surface area contributed by atoms with E-state index < -0.39 is 22.1 Å². The van der Waals surface area contributed by atoms with Crippen LogP contribution in [0.2, 0.25) is 0 Å². The summed E-state index contributed by atoms with van der Waals surface area (Å²) in [4.78, 5) is 25.0. The van der Waals surface area contributed by atoms with Crippen molar-refractivity contribution in [2.24, 2.45) is 11.3 Å². The molecule has 170 valence electrons. The minimum atomic E-state index is -4.85. The molecule has 3 fully saturated rings. The van der Waals surface area contributed by atoms with Crippen LogP contribution in [0.5, 0.6) is 5.75 Å². The van der Waals surface area contributed by atoms with E-state index in [1.807, 2.05) is 0 Å². The van der Waals surface area contributed by atoms with E-state index in [-0.39, 0.29) is 41.2 Å². The number of carbonyl (C=O) groups excluding carboxylic acids is 2. The monoisotopic (exact) mass is 462 g/mol. The van der Waals surface area contributed by atoms with Crippen LogP contribution in [0.3, 0.4) is 0 Å². The smallest absolute Gasteiger partial charge is 0.465 e. The number of sulfonamides is 1. The number of likely N-dealkylation sites (tertiary alicyclic amines) is 1. The van der Waals surface area contributed by atoms with Crippen LogP contribution in [0, 0.1) is 11.3 Å². The maximum absolute atomic E-state index is 12.7. The maximum atomic E-state index is 12.7. The summed E-state index contributed by atoms with van der Waals surface area (Å²) in [5.41, 5.74) is -0.269. The van der Waals surface area contributed by atoms with Gasteiger partial charge >= 0.3 is 12.3 Å². The Hall–Kier alpha value is -2.34. The van der Waals surface area contributed by atoms with Crippen LogP contribution in [0.15, 0.2) is 29.2 Å². The molecule has 1 aromatic carbocycles. The van der Waals surface area contributed by atoms with Crippen molar-refractivity contribution in [1.29, 1.82) is 0 Å². The van der Waals surface area contributed by atoms with Crippen molar-refractivity contribution in [3.05, 3.63) is 24.3 Å². The average Bonchev–Trinajstić information content (AvgIpc) is 3.02. The second-order valence-electron chi connectivity index (χ2n) is 8.33. The lowest BCUT2D eigenvalue weighted by Gasteiger charge is -2.59.